The van der Waals surface area contributed by atoms with Crippen molar-refractivity contribution in [2.24, 2.45) is 0 Å². The van der Waals surface area contributed by atoms with Crippen molar-refractivity contribution in [2.75, 3.05) is 10.6 Å². The minimum Gasteiger partial charge on any atom is -0.340 e. The topological polar surface area (TPSA) is 66.9 Å². The number of carbonyl (C=O) groups excluding carboxylic acids is 1. The van der Waals surface area contributed by atoms with Crippen molar-refractivity contribution < 1.29 is 9.18 Å². The van der Waals surface area contributed by atoms with Crippen LogP contribution in [0, 0.1) is 5.82 Å². The number of nitrogens with one attached hydrogen (secondary N) is 2. The number of nitrogens with zero attached hydrogens (tertiary/aromatic N) is 2. The van der Waals surface area contributed by atoms with Crippen LogP contribution >= 0.6 is 0 Å². The first-order chi connectivity index (χ1) is 14.2. The van der Waals surface area contributed by atoms with E-state index in [1.165, 1.54) is 12.1 Å². The number of rotatable bonds is 5. The first-order valence-electron chi connectivity index (χ1n) is 9.00. The van der Waals surface area contributed by atoms with E-state index in [2.05, 4.69) is 20.6 Å². The second-order valence-corrected chi connectivity index (χ2v) is 6.30. The normalized spacial score (nSPS) is 10.4. The Kier molecular flexibility index (Phi) is 5.25. The van der Waals surface area contributed by atoms with Gasteiger partial charge in [-0.1, -0.05) is 30.3 Å². The first-order valence-corrected chi connectivity index (χ1v) is 9.00. The Balaban J connectivity index is 1.46. The quantitative estimate of drug-likeness (QED) is 0.491. The number of carbonyl (C=O) groups is 1. The highest BCUT2D eigenvalue weighted by Crippen LogP contribution is 2.20. The zero-order valence-electron chi connectivity index (χ0n) is 15.3. The highest BCUT2D eigenvalue weighted by molar-refractivity contribution is 6.04. The predicted molar refractivity (Wildman–Crippen MR) is 112 cm³/mol. The summed E-state index contributed by atoms with van der Waals surface area (Å²) in [6, 6.07) is 24.2. The average Bonchev–Trinajstić information content (AvgIpc) is 2.75. The lowest BCUT2D eigenvalue weighted by molar-refractivity contribution is 0.102. The molecule has 29 heavy (non-hydrogen) atoms. The summed E-state index contributed by atoms with van der Waals surface area (Å²) in [5, 5.41) is 6.01. The molecule has 4 rings (SSSR count). The van der Waals surface area contributed by atoms with Gasteiger partial charge in [-0.05, 0) is 54.6 Å². The van der Waals surface area contributed by atoms with Gasteiger partial charge >= 0.3 is 0 Å². The summed E-state index contributed by atoms with van der Waals surface area (Å²) in [5.41, 5.74) is 2.65. The van der Waals surface area contributed by atoms with Crippen LogP contribution in [0.4, 0.5) is 21.6 Å². The molecule has 0 bridgehead atoms. The molecule has 0 fully saturated rings. The van der Waals surface area contributed by atoms with E-state index in [1.807, 2.05) is 30.3 Å². The molecule has 0 radical (unpaired) electrons. The Morgan fingerprint density at radius 3 is 2.38 bits per heavy atom. The standard InChI is InChI=1S/C23H17FN4O/c24-18-6-4-5-17(15-18)22-25-14-13-21(28-22)26-20-11-9-16(10-12-20)23(29)27-19-7-2-1-3-8-19/h1-15H,(H,27,29)(H,25,26,28). The van der Waals surface area contributed by atoms with Crippen LogP contribution in [0.25, 0.3) is 11.4 Å². The number of amides is 1. The zero-order chi connectivity index (χ0) is 20.1. The van der Waals surface area contributed by atoms with Gasteiger partial charge in [-0.15, -0.1) is 0 Å². The summed E-state index contributed by atoms with van der Waals surface area (Å²) in [7, 11) is 0. The van der Waals surface area contributed by atoms with Crippen molar-refractivity contribution in [2.45, 2.75) is 0 Å². The molecule has 4 aromatic rings. The maximum Gasteiger partial charge on any atom is 0.255 e. The summed E-state index contributed by atoms with van der Waals surface area (Å²) in [6.07, 6.45) is 1.61. The van der Waals surface area contributed by atoms with Crippen LogP contribution in [-0.2, 0) is 0 Å². The number of para-hydroxylation sites is 1. The largest absolute Gasteiger partial charge is 0.340 e. The SMILES string of the molecule is O=C(Nc1ccccc1)c1ccc(Nc2ccnc(-c3cccc(F)c3)n2)cc1. The maximum absolute atomic E-state index is 13.4. The van der Waals surface area contributed by atoms with Crippen molar-refractivity contribution in [1.82, 2.24) is 9.97 Å². The number of anilines is 3. The van der Waals surface area contributed by atoms with Crippen molar-refractivity contribution in [3.05, 3.63) is 103 Å². The molecule has 1 heterocycles. The lowest BCUT2D eigenvalue weighted by Gasteiger charge is -2.09. The van der Waals surface area contributed by atoms with Gasteiger partial charge in [0.25, 0.3) is 5.91 Å². The van der Waals surface area contributed by atoms with E-state index >= 15 is 0 Å². The molecule has 5 nitrogen and oxygen atoms in total. The van der Waals surface area contributed by atoms with Crippen LogP contribution < -0.4 is 10.6 Å². The van der Waals surface area contributed by atoms with Crippen LogP contribution in [0.3, 0.4) is 0 Å². The third kappa shape index (κ3) is 4.62. The fourth-order valence-corrected chi connectivity index (χ4v) is 2.77. The van der Waals surface area contributed by atoms with Gasteiger partial charge in [0, 0.05) is 28.7 Å². The monoisotopic (exact) mass is 384 g/mol. The highest BCUT2D eigenvalue weighted by Gasteiger charge is 2.07. The van der Waals surface area contributed by atoms with Crippen LogP contribution in [0.15, 0.2) is 91.1 Å². The number of hydrogen-bond donors (Lipinski definition) is 2. The molecule has 0 aliphatic heterocycles. The molecule has 0 saturated carbocycles. The molecule has 1 amide bonds. The van der Waals surface area contributed by atoms with E-state index < -0.39 is 0 Å². The minimum atomic E-state index is -0.339. The summed E-state index contributed by atoms with van der Waals surface area (Å²) in [4.78, 5) is 21.0. The number of aromatic nitrogens is 2. The lowest BCUT2D eigenvalue weighted by Crippen LogP contribution is -2.11. The van der Waals surface area contributed by atoms with Crippen LogP contribution in [0.5, 0.6) is 0 Å². The van der Waals surface area contributed by atoms with E-state index in [0.717, 1.165) is 11.4 Å². The van der Waals surface area contributed by atoms with E-state index in [4.69, 9.17) is 0 Å². The molecule has 3 aromatic carbocycles. The molecule has 0 spiro atoms. The Morgan fingerprint density at radius 1 is 0.828 bits per heavy atom. The van der Waals surface area contributed by atoms with Gasteiger partial charge in [-0.2, -0.15) is 0 Å². The third-order valence-electron chi connectivity index (χ3n) is 4.19. The Morgan fingerprint density at radius 2 is 1.62 bits per heavy atom. The first kappa shape index (κ1) is 18.3. The van der Waals surface area contributed by atoms with Crippen molar-refractivity contribution in [1.29, 1.82) is 0 Å². The molecule has 6 heteroatoms. The smallest absolute Gasteiger partial charge is 0.255 e. The fraction of sp³-hybridized carbons (Fsp3) is 0. The number of hydrogen-bond acceptors (Lipinski definition) is 4. The molecule has 0 atom stereocenters. The summed E-state index contributed by atoms with van der Waals surface area (Å²) in [6.45, 7) is 0. The highest BCUT2D eigenvalue weighted by atomic mass is 19.1. The van der Waals surface area contributed by atoms with Gasteiger partial charge in [0.2, 0.25) is 0 Å². The van der Waals surface area contributed by atoms with Gasteiger partial charge in [-0.3, -0.25) is 4.79 Å². The summed E-state index contributed by atoms with van der Waals surface area (Å²) < 4.78 is 13.4. The molecule has 1 aromatic heterocycles. The second-order valence-electron chi connectivity index (χ2n) is 6.30. The van der Waals surface area contributed by atoms with Crippen molar-refractivity contribution in [3.8, 4) is 11.4 Å². The zero-order valence-corrected chi connectivity index (χ0v) is 15.3. The van der Waals surface area contributed by atoms with Crippen molar-refractivity contribution in [3.63, 3.8) is 0 Å². The van der Waals surface area contributed by atoms with Crippen LogP contribution in [0.1, 0.15) is 10.4 Å². The van der Waals surface area contributed by atoms with Gasteiger partial charge in [0.05, 0.1) is 0 Å². The van der Waals surface area contributed by atoms with E-state index in [9.17, 15) is 9.18 Å². The van der Waals surface area contributed by atoms with Crippen LogP contribution in [-0.4, -0.2) is 15.9 Å². The van der Waals surface area contributed by atoms with E-state index in [-0.39, 0.29) is 11.7 Å². The van der Waals surface area contributed by atoms with Gasteiger partial charge in [0.1, 0.15) is 11.6 Å². The average molecular weight is 384 g/mol. The van der Waals surface area contributed by atoms with Crippen molar-refractivity contribution >= 4 is 23.1 Å². The Bertz CT molecular complexity index is 1130. The predicted octanol–water partition coefficient (Wildman–Crippen LogP) is 5.28. The maximum atomic E-state index is 13.4. The minimum absolute atomic E-state index is 0.182. The molecule has 0 aliphatic carbocycles. The molecular weight excluding hydrogens is 367 g/mol. The van der Waals surface area contributed by atoms with Crippen LogP contribution in [0.2, 0.25) is 0 Å². The molecule has 0 unspecified atom stereocenters. The third-order valence-corrected chi connectivity index (χ3v) is 4.19. The number of benzene rings is 3. The molecular formula is C23H17FN4O. The molecule has 0 saturated heterocycles. The fourth-order valence-electron chi connectivity index (χ4n) is 2.77. The number of halogens is 1. The summed E-state index contributed by atoms with van der Waals surface area (Å²) >= 11 is 0. The van der Waals surface area contributed by atoms with Gasteiger partial charge < -0.3 is 10.6 Å². The Labute approximate surface area is 167 Å². The van der Waals surface area contributed by atoms with Gasteiger partial charge in [0.15, 0.2) is 5.82 Å². The second kappa shape index (κ2) is 8.31. The van der Waals surface area contributed by atoms with Gasteiger partial charge in [-0.25, -0.2) is 14.4 Å². The lowest BCUT2D eigenvalue weighted by atomic mass is 10.2. The summed E-state index contributed by atoms with van der Waals surface area (Å²) in [5.74, 6) is 0.473. The van der Waals surface area contributed by atoms with E-state index in [1.54, 1.807) is 48.7 Å². The molecule has 2 N–H and O–H groups in total. The molecule has 142 valence electrons. The Hall–Kier alpha value is -4.06. The van der Waals surface area contributed by atoms with E-state index in [0.29, 0.717) is 22.8 Å². The molecule has 0 aliphatic rings.